The normalized spacial score (nSPS) is 11.0. The molecule has 3 aromatic rings. The largest absolute Gasteiger partial charge is 0.507 e. The number of hydrogen-bond acceptors (Lipinski definition) is 4. The van der Waals surface area contributed by atoms with E-state index in [-0.39, 0.29) is 11.2 Å². The number of hydrogen-bond donors (Lipinski definition) is 1. The number of methoxy groups -OCH3 is 1. The van der Waals surface area contributed by atoms with Gasteiger partial charge in [0.1, 0.15) is 22.2 Å². The van der Waals surface area contributed by atoms with Gasteiger partial charge >= 0.3 is 0 Å². The van der Waals surface area contributed by atoms with Crippen LogP contribution in [0.25, 0.3) is 22.1 Å². The summed E-state index contributed by atoms with van der Waals surface area (Å²) < 4.78 is 12.6. The van der Waals surface area contributed by atoms with Crippen molar-refractivity contribution in [2.75, 3.05) is 7.11 Å². The quantitative estimate of drug-likeness (QED) is 0.503. The van der Waals surface area contributed by atoms with E-state index in [2.05, 4.69) is 47.8 Å². The smallest absolute Gasteiger partial charge is 0.200 e. The van der Waals surface area contributed by atoms with E-state index in [1.807, 2.05) is 0 Å². The minimum atomic E-state index is -0.184. The number of rotatable bonds is 2. The van der Waals surface area contributed by atoms with Crippen LogP contribution < -0.4 is 10.2 Å². The maximum absolute atomic E-state index is 12.7. The van der Waals surface area contributed by atoms with Crippen molar-refractivity contribution in [1.82, 2.24) is 0 Å². The molecule has 0 amide bonds. The third kappa shape index (κ3) is 2.81. The first-order valence-electron chi connectivity index (χ1n) is 6.40. The molecule has 0 bridgehead atoms. The predicted octanol–water partition coefficient (Wildman–Crippen LogP) is 5.46. The van der Waals surface area contributed by atoms with Crippen LogP contribution in [0.2, 0.25) is 0 Å². The first-order valence-corrected chi connectivity index (χ1v) is 8.78. The van der Waals surface area contributed by atoms with Crippen LogP contribution in [0.4, 0.5) is 0 Å². The minimum absolute atomic E-state index is 0.0170. The lowest BCUT2D eigenvalue weighted by atomic mass is 10.1. The zero-order valence-corrected chi connectivity index (χ0v) is 16.5. The standard InChI is InChI=1S/C16H9Br3O4/c1-22-16-10(17)4-7(5-11(16)18)9-6-23-15-8(14(9)21)2-3-12(20)13(15)19/h2-6,20H,1H3. The fourth-order valence-electron chi connectivity index (χ4n) is 2.27. The molecular weight excluding hydrogens is 496 g/mol. The average molecular weight is 505 g/mol. The molecule has 1 aromatic heterocycles. The lowest BCUT2D eigenvalue weighted by Gasteiger charge is -2.10. The molecule has 1 N–H and O–H groups in total. The van der Waals surface area contributed by atoms with Crippen LogP contribution in [-0.4, -0.2) is 12.2 Å². The van der Waals surface area contributed by atoms with Crippen LogP contribution in [-0.2, 0) is 0 Å². The van der Waals surface area contributed by atoms with Crippen LogP contribution in [0.1, 0.15) is 0 Å². The van der Waals surface area contributed by atoms with Crippen molar-refractivity contribution in [2.45, 2.75) is 0 Å². The number of halogens is 3. The van der Waals surface area contributed by atoms with Gasteiger partial charge < -0.3 is 14.3 Å². The van der Waals surface area contributed by atoms with E-state index in [1.165, 1.54) is 12.3 Å². The summed E-state index contributed by atoms with van der Waals surface area (Å²) in [5.74, 6) is 0.662. The zero-order chi connectivity index (χ0) is 16.7. The second kappa shape index (κ2) is 6.30. The van der Waals surface area contributed by atoms with Crippen molar-refractivity contribution in [3.05, 3.63) is 54.2 Å². The molecule has 0 saturated heterocycles. The van der Waals surface area contributed by atoms with Crippen LogP contribution in [0, 0.1) is 0 Å². The fourth-order valence-corrected chi connectivity index (χ4v) is 4.22. The van der Waals surface area contributed by atoms with Gasteiger partial charge in [0.05, 0.1) is 27.0 Å². The Hall–Kier alpha value is -1.31. The molecule has 3 rings (SSSR count). The molecule has 2 aromatic carbocycles. The van der Waals surface area contributed by atoms with E-state index < -0.39 is 0 Å². The number of fused-ring (bicyclic) bond motifs is 1. The van der Waals surface area contributed by atoms with Gasteiger partial charge in [-0.15, -0.1) is 0 Å². The van der Waals surface area contributed by atoms with Gasteiger partial charge in [0.15, 0.2) is 5.58 Å². The highest BCUT2D eigenvalue weighted by Gasteiger charge is 2.16. The predicted molar refractivity (Wildman–Crippen MR) is 99.2 cm³/mol. The summed E-state index contributed by atoms with van der Waals surface area (Å²) in [4.78, 5) is 12.7. The molecule has 0 saturated carbocycles. The molecule has 0 aliphatic carbocycles. The lowest BCUT2D eigenvalue weighted by molar-refractivity contribution is 0.409. The summed E-state index contributed by atoms with van der Waals surface area (Å²) in [6.07, 6.45) is 1.38. The number of ether oxygens (including phenoxy) is 1. The molecule has 0 fully saturated rings. The third-order valence-corrected chi connectivity index (χ3v) is 5.32. The molecule has 1 heterocycles. The van der Waals surface area contributed by atoms with Crippen molar-refractivity contribution in [3.8, 4) is 22.6 Å². The van der Waals surface area contributed by atoms with Gasteiger partial charge in [0, 0.05) is 0 Å². The van der Waals surface area contributed by atoms with Crippen molar-refractivity contribution in [2.24, 2.45) is 0 Å². The second-order valence-electron chi connectivity index (χ2n) is 4.73. The molecule has 0 atom stereocenters. The topological polar surface area (TPSA) is 59.7 Å². The van der Waals surface area contributed by atoms with Crippen molar-refractivity contribution in [3.63, 3.8) is 0 Å². The summed E-state index contributed by atoms with van der Waals surface area (Å²) >= 11 is 10.1. The Morgan fingerprint density at radius 2 is 1.78 bits per heavy atom. The van der Waals surface area contributed by atoms with E-state index in [0.29, 0.717) is 32.3 Å². The summed E-state index contributed by atoms with van der Waals surface area (Å²) in [5, 5.41) is 10.1. The molecule has 0 aliphatic rings. The van der Waals surface area contributed by atoms with E-state index in [9.17, 15) is 9.90 Å². The summed E-state index contributed by atoms with van der Waals surface area (Å²) in [5.41, 5.74) is 1.23. The van der Waals surface area contributed by atoms with Gasteiger partial charge in [-0.25, -0.2) is 0 Å². The summed E-state index contributed by atoms with van der Waals surface area (Å²) in [6.45, 7) is 0. The maximum atomic E-state index is 12.7. The third-order valence-electron chi connectivity index (χ3n) is 3.37. The van der Waals surface area contributed by atoms with Gasteiger partial charge in [-0.2, -0.15) is 0 Å². The Kier molecular flexibility index (Phi) is 4.53. The van der Waals surface area contributed by atoms with Crippen LogP contribution >= 0.6 is 47.8 Å². The van der Waals surface area contributed by atoms with Crippen LogP contribution in [0.15, 0.2) is 53.2 Å². The number of phenolic OH excluding ortho intramolecular Hbond substituents is 1. The Morgan fingerprint density at radius 3 is 2.39 bits per heavy atom. The van der Waals surface area contributed by atoms with Gasteiger partial charge in [-0.3, -0.25) is 4.79 Å². The second-order valence-corrected chi connectivity index (χ2v) is 7.23. The molecule has 4 nitrogen and oxygen atoms in total. The van der Waals surface area contributed by atoms with Crippen LogP contribution in [0.5, 0.6) is 11.5 Å². The van der Waals surface area contributed by atoms with Gasteiger partial charge in [-0.05, 0) is 77.6 Å². The van der Waals surface area contributed by atoms with E-state index in [1.54, 1.807) is 25.3 Å². The Bertz CT molecular complexity index is 956. The minimum Gasteiger partial charge on any atom is -0.507 e. The van der Waals surface area contributed by atoms with E-state index >= 15 is 0 Å². The lowest BCUT2D eigenvalue weighted by Crippen LogP contribution is -2.05. The van der Waals surface area contributed by atoms with Gasteiger partial charge in [0.2, 0.25) is 5.43 Å². The molecular formula is C16H9Br3O4. The molecule has 118 valence electrons. The zero-order valence-electron chi connectivity index (χ0n) is 11.7. The van der Waals surface area contributed by atoms with E-state index in [4.69, 9.17) is 9.15 Å². The SMILES string of the molecule is COc1c(Br)cc(-c2coc3c(Br)c(O)ccc3c2=O)cc1Br. The molecule has 0 spiro atoms. The number of phenols is 1. The molecule has 0 aliphatic heterocycles. The maximum Gasteiger partial charge on any atom is 0.200 e. The Morgan fingerprint density at radius 1 is 1.13 bits per heavy atom. The summed E-state index contributed by atoms with van der Waals surface area (Å²) in [7, 11) is 1.57. The highest BCUT2D eigenvalue weighted by Crippen LogP contribution is 2.38. The van der Waals surface area contributed by atoms with E-state index in [0.717, 1.165) is 8.95 Å². The monoisotopic (exact) mass is 502 g/mol. The number of aromatic hydroxyl groups is 1. The van der Waals surface area contributed by atoms with Crippen molar-refractivity contribution >= 4 is 58.8 Å². The van der Waals surface area contributed by atoms with Gasteiger partial charge in [0.25, 0.3) is 0 Å². The Balaban J connectivity index is 2.28. The highest BCUT2D eigenvalue weighted by atomic mass is 79.9. The van der Waals surface area contributed by atoms with Crippen molar-refractivity contribution < 1.29 is 14.3 Å². The first-order chi connectivity index (χ1) is 10.9. The highest BCUT2D eigenvalue weighted by molar-refractivity contribution is 9.11. The molecule has 0 radical (unpaired) electrons. The number of benzene rings is 2. The average Bonchev–Trinajstić information content (AvgIpc) is 2.51. The fraction of sp³-hybridized carbons (Fsp3) is 0.0625. The van der Waals surface area contributed by atoms with Crippen LogP contribution in [0.3, 0.4) is 0 Å². The van der Waals surface area contributed by atoms with Crippen molar-refractivity contribution in [1.29, 1.82) is 0 Å². The molecule has 23 heavy (non-hydrogen) atoms. The molecule has 0 unspecified atom stereocenters. The molecule has 7 heteroatoms. The Labute approximate surface area is 156 Å². The summed E-state index contributed by atoms with van der Waals surface area (Å²) in [6, 6.07) is 6.57. The first kappa shape index (κ1) is 16.5. The van der Waals surface area contributed by atoms with Gasteiger partial charge in [-0.1, -0.05) is 0 Å².